The molecule has 0 saturated carbocycles. The lowest BCUT2D eigenvalue weighted by Gasteiger charge is -2.22. The first kappa shape index (κ1) is 49.8. The predicted molar refractivity (Wildman–Crippen MR) is 201 cm³/mol. The molecule has 5 amide bonds. The highest BCUT2D eigenvalue weighted by Gasteiger charge is 2.44. The van der Waals surface area contributed by atoms with Crippen LogP contribution in [0, 0.1) is 0 Å². The molecule has 1 saturated heterocycles. The average Bonchev–Trinajstić information content (AvgIpc) is 3.74. The second kappa shape index (κ2) is 24.6. The molecule has 3 unspecified atom stereocenters. The van der Waals surface area contributed by atoms with Gasteiger partial charge in [0.1, 0.15) is 61.4 Å². The Bertz CT molecular complexity index is 1610. The molecule has 17 N–H and O–H groups in total. The van der Waals surface area contributed by atoms with Crippen molar-refractivity contribution in [3.8, 4) is 0 Å². The summed E-state index contributed by atoms with van der Waals surface area (Å²) in [5.74, 6) is -8.72. The van der Waals surface area contributed by atoms with Crippen LogP contribution in [0.2, 0.25) is 0 Å². The van der Waals surface area contributed by atoms with Gasteiger partial charge in [-0.2, -0.15) is 0 Å². The smallest absolute Gasteiger partial charge is 0.322 e. The van der Waals surface area contributed by atoms with E-state index >= 15 is 0 Å². The number of rotatable bonds is 23. The van der Waals surface area contributed by atoms with Crippen LogP contribution in [0.15, 0.2) is 6.33 Å². The summed E-state index contributed by atoms with van der Waals surface area (Å²) in [6.45, 7) is -1.64. The van der Waals surface area contributed by atoms with Crippen molar-refractivity contribution in [2.45, 2.75) is 74.4 Å². The first-order chi connectivity index (χ1) is 27.8. The first-order valence-corrected chi connectivity index (χ1v) is 19.8. The number of aliphatic carboxylic acids is 4. The molecule has 8 atom stereocenters. The largest absolute Gasteiger partial charge is 0.480 e. The number of hydrogen-bond acceptors (Lipinski definition) is 19. The summed E-state index contributed by atoms with van der Waals surface area (Å²) < 4.78 is 6.82. The van der Waals surface area contributed by atoms with E-state index in [1.54, 1.807) is 0 Å². The fourth-order valence-corrected chi connectivity index (χ4v) is 7.15. The van der Waals surface area contributed by atoms with E-state index in [-0.39, 0.29) is 55.5 Å². The molecule has 330 valence electrons. The third kappa shape index (κ3) is 16.5. The number of amides is 5. The Labute approximate surface area is 341 Å². The van der Waals surface area contributed by atoms with E-state index in [0.29, 0.717) is 5.82 Å². The molecule has 1 aromatic rings. The molecule has 3 heterocycles. The molecule has 0 bridgehead atoms. The Morgan fingerprint density at radius 1 is 0.814 bits per heavy atom. The highest BCUT2D eigenvalue weighted by molar-refractivity contribution is 8.76. The van der Waals surface area contributed by atoms with Crippen molar-refractivity contribution >= 4 is 80.8 Å². The van der Waals surface area contributed by atoms with Crippen molar-refractivity contribution < 1.29 is 83.6 Å². The lowest BCUT2D eigenvalue weighted by Crippen LogP contribution is -2.50. The number of hydrogen-bond donors (Lipinski definition) is 15. The lowest BCUT2D eigenvalue weighted by molar-refractivity contribution is -0.140. The number of fused-ring (bicyclic) bond motifs is 1. The standard InChI is InChI=1S/C20H32N6O12S2.C10H14N4O5/c21-9(19(35)36)1-3-13(27)25-11(17(33)23-5-15(29)30)7-39-40-8-12(18(34)24-6-16(31)32)26-14(28)4-2-10(22)20(37)38;15-1-4-6(16)7(17)10(19-4)14-3-13-5-8(14)11-2-12-9(5)18/h9-12H,1-8,21-22H2,(H,23,33)(H,24,34)(H,25,27)(H,26,28)(H,29,30)(H,31,32)(H,35,36)(H,37,38);3-4,6-7,10-11,15-17H,1-2H2,(H,12,18)/t9?,10?,11-,12-;4-,6-,7-,10?/m00/s1. The van der Waals surface area contributed by atoms with E-state index in [0.717, 1.165) is 21.6 Å². The van der Waals surface area contributed by atoms with Crippen molar-refractivity contribution in [1.29, 1.82) is 0 Å². The van der Waals surface area contributed by atoms with E-state index in [9.17, 15) is 53.4 Å². The maximum Gasteiger partial charge on any atom is 0.322 e. The number of aliphatic hydroxyl groups excluding tert-OH is 3. The maximum absolute atomic E-state index is 12.4. The summed E-state index contributed by atoms with van der Waals surface area (Å²) in [6, 6.07) is -5.16. The fourth-order valence-electron chi connectivity index (χ4n) is 4.82. The normalized spacial score (nSPS) is 20.1. The van der Waals surface area contributed by atoms with Gasteiger partial charge in [-0.15, -0.1) is 0 Å². The maximum atomic E-state index is 12.4. The third-order valence-electron chi connectivity index (χ3n) is 7.99. The van der Waals surface area contributed by atoms with Crippen LogP contribution in [-0.4, -0.2) is 179 Å². The molecule has 1 aromatic heterocycles. The number of nitrogens with two attached hydrogens (primary N) is 2. The molecule has 0 aliphatic carbocycles. The predicted octanol–water partition coefficient (Wildman–Crippen LogP) is -6.27. The van der Waals surface area contributed by atoms with Crippen molar-refractivity contribution in [3.63, 3.8) is 0 Å². The highest BCUT2D eigenvalue weighted by Crippen LogP contribution is 2.33. The van der Waals surface area contributed by atoms with Crippen molar-refractivity contribution in [1.82, 2.24) is 36.1 Å². The molecule has 27 nitrogen and oxygen atoms in total. The van der Waals surface area contributed by atoms with Crippen LogP contribution < -0.4 is 43.4 Å². The summed E-state index contributed by atoms with van der Waals surface area (Å²) in [5.41, 5.74) is 10.9. The van der Waals surface area contributed by atoms with Crippen molar-refractivity contribution in [3.05, 3.63) is 12.0 Å². The number of aliphatic hydroxyl groups is 3. The van der Waals surface area contributed by atoms with Gasteiger partial charge in [0.2, 0.25) is 23.6 Å². The molecule has 1 fully saturated rings. The number of carbonyl (C=O) groups excluding carboxylic acids is 5. The highest BCUT2D eigenvalue weighted by atomic mass is 33.1. The van der Waals surface area contributed by atoms with Gasteiger partial charge in [0.15, 0.2) is 11.9 Å². The summed E-state index contributed by atoms with van der Waals surface area (Å²) in [6.07, 6.45) is -3.93. The van der Waals surface area contributed by atoms with Crippen LogP contribution in [0.25, 0.3) is 0 Å². The molecule has 59 heavy (non-hydrogen) atoms. The molecule has 2 aliphatic heterocycles. The Kier molecular flexibility index (Phi) is 20.8. The molecule has 29 heteroatoms. The number of imidazole rings is 1. The number of carbonyl (C=O) groups is 9. The van der Waals surface area contributed by atoms with E-state index in [2.05, 4.69) is 36.9 Å². The number of anilines is 1. The summed E-state index contributed by atoms with van der Waals surface area (Å²) in [5, 5.41) is 78.2. The van der Waals surface area contributed by atoms with Gasteiger partial charge in [0, 0.05) is 24.3 Å². The Morgan fingerprint density at radius 2 is 1.29 bits per heavy atom. The average molecular weight is 883 g/mol. The Morgan fingerprint density at radius 3 is 1.69 bits per heavy atom. The minimum absolute atomic E-state index is 0.155. The summed E-state index contributed by atoms with van der Waals surface area (Å²) in [7, 11) is 1.89. The van der Waals surface area contributed by atoms with Crippen LogP contribution >= 0.6 is 21.6 Å². The van der Waals surface area contributed by atoms with E-state index in [1.807, 2.05) is 0 Å². The zero-order valence-electron chi connectivity index (χ0n) is 30.8. The molecular weight excluding hydrogens is 837 g/mol. The van der Waals surface area contributed by atoms with Gasteiger partial charge in [0.25, 0.3) is 5.91 Å². The van der Waals surface area contributed by atoms with Gasteiger partial charge in [-0.05, 0) is 12.8 Å². The summed E-state index contributed by atoms with van der Waals surface area (Å²) in [4.78, 5) is 108. The second-order valence-corrected chi connectivity index (χ2v) is 15.0. The van der Waals surface area contributed by atoms with Crippen LogP contribution in [0.1, 0.15) is 42.4 Å². The minimum Gasteiger partial charge on any atom is -0.480 e. The third-order valence-corrected chi connectivity index (χ3v) is 10.4. The zero-order valence-corrected chi connectivity index (χ0v) is 32.5. The number of nitrogens with zero attached hydrogens (tertiary/aromatic N) is 2. The van der Waals surface area contributed by atoms with Gasteiger partial charge in [-0.1, -0.05) is 21.6 Å². The van der Waals surface area contributed by atoms with Gasteiger partial charge in [-0.25, -0.2) is 4.98 Å². The van der Waals surface area contributed by atoms with Gasteiger partial charge < -0.3 is 83.9 Å². The van der Waals surface area contributed by atoms with E-state index in [1.165, 1.54) is 10.9 Å². The summed E-state index contributed by atoms with van der Waals surface area (Å²) >= 11 is 0. The lowest BCUT2D eigenvalue weighted by atomic mass is 10.1. The topological polar surface area (TPSA) is 447 Å². The number of aromatic nitrogens is 2. The fraction of sp³-hybridized carbons (Fsp3) is 0.600. The molecular formula is C30H46N10O17S2. The second-order valence-electron chi connectivity index (χ2n) is 12.4. The van der Waals surface area contributed by atoms with E-state index in [4.69, 9.17) is 41.7 Å². The van der Waals surface area contributed by atoms with Gasteiger partial charge in [-0.3, -0.25) is 47.7 Å². The molecule has 0 radical (unpaired) electrons. The number of carboxylic acids is 4. The molecule has 3 rings (SSSR count). The number of ether oxygens (including phenoxy) is 1. The number of nitrogens with one attached hydrogen (secondary N) is 6. The minimum atomic E-state index is -1.34. The zero-order chi connectivity index (χ0) is 44.4. The molecule has 2 aliphatic rings. The molecule has 0 spiro atoms. The van der Waals surface area contributed by atoms with Crippen LogP contribution in [0.4, 0.5) is 5.82 Å². The number of carboxylic acid groups (broad SMARTS) is 4. The van der Waals surface area contributed by atoms with Gasteiger partial charge in [0.05, 0.1) is 19.6 Å². The van der Waals surface area contributed by atoms with Crippen LogP contribution in [0.3, 0.4) is 0 Å². The molecule has 0 aromatic carbocycles. The first-order valence-electron chi connectivity index (χ1n) is 17.3. The van der Waals surface area contributed by atoms with Crippen LogP contribution in [-0.2, 0) is 43.1 Å². The van der Waals surface area contributed by atoms with Crippen LogP contribution in [0.5, 0.6) is 0 Å². The quantitative estimate of drug-likeness (QED) is 0.0359. The van der Waals surface area contributed by atoms with E-state index < -0.39 is 116 Å². The monoisotopic (exact) mass is 882 g/mol. The Hall–Kier alpha value is -5.30. The SMILES string of the molecule is NC(CCC(=O)N[C@@H](CSSC[C@H](NC(=O)CCC(N)C(=O)O)C(=O)NCC(=O)O)C(=O)NCC(=O)O)C(=O)O.O=C1NCNc2c1ncn2C1O[C@@H](CO)[C@H](O)[C@@H]1O. The van der Waals surface area contributed by atoms with Crippen molar-refractivity contribution in [2.75, 3.05) is 43.2 Å². The Balaban J connectivity index is 0.000000516. The van der Waals surface area contributed by atoms with Gasteiger partial charge >= 0.3 is 23.9 Å². The van der Waals surface area contributed by atoms with Crippen molar-refractivity contribution in [2.24, 2.45) is 11.5 Å².